The van der Waals surface area contributed by atoms with Gasteiger partial charge in [-0.1, -0.05) is 32.3 Å². The molecule has 0 radical (unpaired) electrons. The van der Waals surface area contributed by atoms with E-state index in [2.05, 4.69) is 6.58 Å². The second kappa shape index (κ2) is 6.74. The van der Waals surface area contributed by atoms with Crippen molar-refractivity contribution in [2.24, 2.45) is 11.8 Å². The molecule has 1 saturated heterocycles. The van der Waals surface area contributed by atoms with E-state index in [0.29, 0.717) is 17.4 Å². The topological polar surface area (TPSA) is 35.5 Å². The first-order valence-electron chi connectivity index (χ1n) is 9.15. The summed E-state index contributed by atoms with van der Waals surface area (Å²) >= 11 is 0. The van der Waals surface area contributed by atoms with Crippen LogP contribution in [0.2, 0.25) is 0 Å². The maximum Gasteiger partial charge on any atom is 0.333 e. The molecule has 22 heavy (non-hydrogen) atoms. The molecule has 3 heteroatoms. The van der Waals surface area contributed by atoms with Gasteiger partial charge in [0.1, 0.15) is 5.60 Å². The lowest BCUT2D eigenvalue weighted by atomic mass is 9.70. The molecule has 1 heterocycles. The van der Waals surface area contributed by atoms with Crippen LogP contribution in [0.3, 0.4) is 0 Å². The van der Waals surface area contributed by atoms with Gasteiger partial charge in [-0.3, -0.25) is 0 Å². The van der Waals surface area contributed by atoms with E-state index in [-0.39, 0.29) is 17.7 Å². The van der Waals surface area contributed by atoms with Crippen molar-refractivity contribution in [1.82, 2.24) is 0 Å². The van der Waals surface area contributed by atoms with Gasteiger partial charge < -0.3 is 9.47 Å². The van der Waals surface area contributed by atoms with Gasteiger partial charge in [0.05, 0.1) is 6.10 Å². The van der Waals surface area contributed by atoms with E-state index in [9.17, 15) is 4.79 Å². The molecule has 1 aliphatic heterocycles. The average molecular weight is 306 g/mol. The molecule has 2 bridgehead atoms. The van der Waals surface area contributed by atoms with E-state index in [1.165, 1.54) is 51.4 Å². The van der Waals surface area contributed by atoms with Crippen molar-refractivity contribution in [2.75, 3.05) is 6.61 Å². The first kappa shape index (κ1) is 16.0. The summed E-state index contributed by atoms with van der Waals surface area (Å²) in [5.41, 5.74) is 0.123. The summed E-state index contributed by atoms with van der Waals surface area (Å²) in [7, 11) is 0. The number of hydrogen-bond donors (Lipinski definition) is 0. The summed E-state index contributed by atoms with van der Waals surface area (Å²) in [6.07, 6.45) is 12.0. The Bertz CT molecular complexity index is 394. The van der Waals surface area contributed by atoms with Crippen LogP contribution in [0.4, 0.5) is 0 Å². The predicted octanol–water partition coefficient (Wildman–Crippen LogP) is 4.40. The second-order valence-corrected chi connectivity index (χ2v) is 7.49. The quantitative estimate of drug-likeness (QED) is 0.572. The van der Waals surface area contributed by atoms with Crippen LogP contribution in [0, 0.1) is 11.8 Å². The van der Waals surface area contributed by atoms with Gasteiger partial charge in [-0.2, -0.15) is 0 Å². The summed E-state index contributed by atoms with van der Waals surface area (Å²) in [6, 6.07) is 0. The van der Waals surface area contributed by atoms with Gasteiger partial charge >= 0.3 is 5.97 Å². The zero-order valence-corrected chi connectivity index (χ0v) is 13.9. The van der Waals surface area contributed by atoms with E-state index >= 15 is 0 Å². The lowest BCUT2D eigenvalue weighted by molar-refractivity contribution is -0.198. The van der Waals surface area contributed by atoms with Crippen LogP contribution >= 0.6 is 0 Å². The minimum atomic E-state index is -0.389. The van der Waals surface area contributed by atoms with Gasteiger partial charge in [0.2, 0.25) is 0 Å². The van der Waals surface area contributed by atoms with Crippen LogP contribution in [-0.4, -0.2) is 24.3 Å². The van der Waals surface area contributed by atoms with Crippen LogP contribution in [0.1, 0.15) is 71.1 Å². The van der Waals surface area contributed by atoms with Gasteiger partial charge in [0, 0.05) is 24.0 Å². The van der Waals surface area contributed by atoms with Crippen LogP contribution in [0.15, 0.2) is 12.2 Å². The fourth-order valence-corrected chi connectivity index (χ4v) is 5.03. The Labute approximate surface area is 134 Å². The molecule has 0 N–H and O–H groups in total. The smallest absolute Gasteiger partial charge is 0.333 e. The molecular weight excluding hydrogens is 276 g/mol. The molecule has 0 spiro atoms. The number of rotatable bonds is 3. The van der Waals surface area contributed by atoms with Gasteiger partial charge in [0.15, 0.2) is 0 Å². The van der Waals surface area contributed by atoms with E-state index < -0.39 is 0 Å². The van der Waals surface area contributed by atoms with Crippen LogP contribution in [0.5, 0.6) is 0 Å². The highest BCUT2D eigenvalue weighted by Gasteiger charge is 2.56. The fourth-order valence-electron chi connectivity index (χ4n) is 5.03. The van der Waals surface area contributed by atoms with Gasteiger partial charge in [0.25, 0.3) is 0 Å². The molecule has 1 unspecified atom stereocenters. The highest BCUT2D eigenvalue weighted by Crippen LogP contribution is 2.51. The Morgan fingerprint density at radius 2 is 1.55 bits per heavy atom. The molecule has 0 aromatic heterocycles. The van der Waals surface area contributed by atoms with Crippen molar-refractivity contribution in [2.45, 2.75) is 82.8 Å². The molecule has 3 fully saturated rings. The highest BCUT2D eigenvalue weighted by atomic mass is 16.6. The van der Waals surface area contributed by atoms with Crippen LogP contribution < -0.4 is 0 Å². The summed E-state index contributed by atoms with van der Waals surface area (Å²) in [6.45, 7) is 6.38. The molecule has 0 aromatic rings. The normalized spacial score (nSPS) is 38.9. The van der Waals surface area contributed by atoms with E-state index in [4.69, 9.17) is 9.47 Å². The van der Waals surface area contributed by atoms with Gasteiger partial charge in [-0.15, -0.1) is 0 Å². The van der Waals surface area contributed by atoms with Crippen molar-refractivity contribution in [3.63, 3.8) is 0 Å². The Morgan fingerprint density at radius 1 is 1.00 bits per heavy atom. The maximum absolute atomic E-state index is 12.5. The van der Waals surface area contributed by atoms with Crippen molar-refractivity contribution < 1.29 is 14.3 Å². The lowest BCUT2D eigenvalue weighted by Crippen LogP contribution is -2.56. The summed E-state index contributed by atoms with van der Waals surface area (Å²) in [5.74, 6) is 0.720. The molecule has 1 atom stereocenters. The standard InChI is InChI=1S/C19H30O3/c1-14(2)18(20)22-19(17-12-7-13-21-17)15-8-3-4-9-16(19)11-6-5-10-15/h15-17H,1,3-13H2,2H3. The van der Waals surface area contributed by atoms with Crippen LogP contribution in [0.25, 0.3) is 0 Å². The first-order valence-corrected chi connectivity index (χ1v) is 9.15. The Morgan fingerprint density at radius 3 is 1.95 bits per heavy atom. The largest absolute Gasteiger partial charge is 0.452 e. The summed E-state index contributed by atoms with van der Waals surface area (Å²) in [4.78, 5) is 12.5. The highest BCUT2D eigenvalue weighted by molar-refractivity contribution is 5.87. The number of fused-ring (bicyclic) bond motifs is 2. The Balaban J connectivity index is 1.99. The molecule has 0 aromatic carbocycles. The lowest BCUT2D eigenvalue weighted by Gasteiger charge is -2.47. The van der Waals surface area contributed by atoms with E-state index in [0.717, 1.165) is 19.4 Å². The molecule has 2 saturated carbocycles. The number of carbonyl (C=O) groups is 1. The first-order chi connectivity index (χ1) is 10.6. The number of esters is 1. The third-order valence-electron chi connectivity index (χ3n) is 6.04. The average Bonchev–Trinajstić information content (AvgIpc) is 2.93. The third-order valence-corrected chi connectivity index (χ3v) is 6.04. The van der Waals surface area contributed by atoms with Crippen molar-refractivity contribution >= 4 is 5.97 Å². The molecular formula is C19H30O3. The number of ether oxygens (including phenoxy) is 2. The maximum atomic E-state index is 12.5. The minimum absolute atomic E-state index is 0.0991. The SMILES string of the molecule is C=C(C)C(=O)OC1(C2CCCO2)C2CCCCC1CCCC2. The molecule has 0 amide bonds. The molecule has 3 nitrogen and oxygen atoms in total. The van der Waals surface area contributed by atoms with E-state index in [1.54, 1.807) is 6.92 Å². The zero-order chi connectivity index (χ0) is 15.6. The van der Waals surface area contributed by atoms with Gasteiger partial charge in [-0.05, 0) is 45.4 Å². The molecule has 124 valence electrons. The van der Waals surface area contributed by atoms with E-state index in [1.807, 2.05) is 0 Å². The van der Waals surface area contributed by atoms with Crippen molar-refractivity contribution in [3.05, 3.63) is 12.2 Å². The molecule has 3 aliphatic rings. The van der Waals surface area contributed by atoms with Crippen molar-refractivity contribution in [1.29, 1.82) is 0 Å². The Kier molecular flexibility index (Phi) is 4.91. The third kappa shape index (κ3) is 2.84. The van der Waals surface area contributed by atoms with Crippen molar-refractivity contribution in [3.8, 4) is 0 Å². The predicted molar refractivity (Wildman–Crippen MR) is 86.5 cm³/mol. The second-order valence-electron chi connectivity index (χ2n) is 7.49. The molecule has 2 aliphatic carbocycles. The monoisotopic (exact) mass is 306 g/mol. The number of hydrogen-bond acceptors (Lipinski definition) is 3. The van der Waals surface area contributed by atoms with Gasteiger partial charge in [-0.25, -0.2) is 4.79 Å². The zero-order valence-electron chi connectivity index (χ0n) is 13.9. The summed E-state index contributed by atoms with van der Waals surface area (Å²) < 4.78 is 12.4. The van der Waals surface area contributed by atoms with Crippen LogP contribution in [-0.2, 0) is 14.3 Å². The molecule has 3 rings (SSSR count). The summed E-state index contributed by atoms with van der Waals surface area (Å²) in [5, 5.41) is 0. The number of carbonyl (C=O) groups excluding carboxylic acids is 1. The Hall–Kier alpha value is -0.830. The minimum Gasteiger partial charge on any atom is -0.452 e. The fraction of sp³-hybridized carbons (Fsp3) is 0.842.